The van der Waals surface area contributed by atoms with E-state index in [0.29, 0.717) is 0 Å². The zero-order valence-electron chi connectivity index (χ0n) is 14.1. The van der Waals surface area contributed by atoms with Gasteiger partial charge in [0.25, 0.3) is 0 Å². The van der Waals surface area contributed by atoms with Gasteiger partial charge in [-0.25, -0.2) is 0 Å². The largest absolute Gasteiger partial charge is 0.376 e. The molecule has 0 aromatic heterocycles. The van der Waals surface area contributed by atoms with Crippen molar-refractivity contribution in [1.82, 2.24) is 5.32 Å². The quantitative estimate of drug-likeness (QED) is 0.734. The molecule has 0 atom stereocenters. The topological polar surface area (TPSA) is 53.2 Å². The summed E-state index contributed by atoms with van der Waals surface area (Å²) >= 11 is 0. The smallest absolute Gasteiger partial charge is 0.243 e. The van der Waals surface area contributed by atoms with Crippen molar-refractivity contribution in [1.29, 1.82) is 0 Å². The molecule has 4 nitrogen and oxygen atoms in total. The summed E-state index contributed by atoms with van der Waals surface area (Å²) in [6.45, 7) is 8.04. The number of benzene rings is 2. The zero-order chi connectivity index (χ0) is 16.7. The van der Waals surface area contributed by atoms with Gasteiger partial charge >= 0.3 is 0 Å². The molecule has 0 aliphatic rings. The molecule has 4 heteroatoms. The lowest BCUT2D eigenvalue weighted by atomic mass is 10.1. The van der Waals surface area contributed by atoms with E-state index in [4.69, 9.17) is 0 Å². The van der Waals surface area contributed by atoms with Crippen molar-refractivity contribution in [3.63, 3.8) is 0 Å². The van der Waals surface area contributed by atoms with Gasteiger partial charge < -0.3 is 16.0 Å². The predicted octanol–water partition coefficient (Wildman–Crippen LogP) is 3.46. The fraction of sp³-hybridized carbons (Fsp3) is 0.316. The van der Waals surface area contributed by atoms with Crippen LogP contribution in [0.2, 0.25) is 0 Å². The molecule has 0 spiro atoms. The van der Waals surface area contributed by atoms with Gasteiger partial charge in [-0.3, -0.25) is 4.79 Å². The number of hydrogen-bond acceptors (Lipinski definition) is 3. The molecule has 1 amide bonds. The van der Waals surface area contributed by atoms with E-state index in [1.165, 1.54) is 0 Å². The molecule has 0 aliphatic heterocycles. The lowest BCUT2D eigenvalue weighted by Crippen LogP contribution is -2.23. The molecule has 0 saturated carbocycles. The fourth-order valence-corrected chi connectivity index (χ4v) is 2.51. The first kappa shape index (κ1) is 17.0. The van der Waals surface area contributed by atoms with E-state index >= 15 is 0 Å². The Hall–Kier alpha value is -2.33. The average Bonchev–Trinajstić information content (AvgIpc) is 2.53. The molecule has 23 heavy (non-hydrogen) atoms. The number of aryl methyl sites for hydroxylation is 2. The Morgan fingerprint density at radius 2 is 1.70 bits per heavy atom. The summed E-state index contributed by atoms with van der Waals surface area (Å²) in [5.41, 5.74) is 5.27. The van der Waals surface area contributed by atoms with Crippen LogP contribution in [0.3, 0.4) is 0 Å². The third-order valence-corrected chi connectivity index (χ3v) is 3.76. The predicted molar refractivity (Wildman–Crippen MR) is 96.9 cm³/mol. The standard InChI is InChI=1S/C19H25N3O/c1-4-20-12-16-10-5-6-11-17(16)22-18(23)13-21-19-14(2)8-7-9-15(19)3/h5-11,20-21H,4,12-13H2,1-3H3,(H,22,23). The second-order valence-electron chi connectivity index (χ2n) is 5.61. The van der Waals surface area contributed by atoms with Crippen molar-refractivity contribution in [3.8, 4) is 0 Å². The van der Waals surface area contributed by atoms with Crippen LogP contribution in [0.15, 0.2) is 42.5 Å². The monoisotopic (exact) mass is 311 g/mol. The van der Waals surface area contributed by atoms with Crippen LogP contribution in [-0.2, 0) is 11.3 Å². The van der Waals surface area contributed by atoms with E-state index in [0.717, 1.165) is 41.2 Å². The molecule has 0 heterocycles. The molecule has 122 valence electrons. The summed E-state index contributed by atoms with van der Waals surface area (Å²) in [4.78, 5) is 12.2. The molecule has 2 aromatic carbocycles. The van der Waals surface area contributed by atoms with Crippen molar-refractivity contribution in [2.24, 2.45) is 0 Å². The maximum atomic E-state index is 12.2. The number of anilines is 2. The van der Waals surface area contributed by atoms with Gasteiger partial charge in [0.15, 0.2) is 0 Å². The molecule has 2 rings (SSSR count). The highest BCUT2D eigenvalue weighted by Crippen LogP contribution is 2.19. The van der Waals surface area contributed by atoms with Gasteiger partial charge in [-0.1, -0.05) is 43.3 Å². The Morgan fingerprint density at radius 1 is 1.00 bits per heavy atom. The summed E-state index contributed by atoms with van der Waals surface area (Å²) < 4.78 is 0. The minimum absolute atomic E-state index is 0.0448. The van der Waals surface area contributed by atoms with E-state index in [9.17, 15) is 4.79 Å². The minimum Gasteiger partial charge on any atom is -0.376 e. The zero-order valence-corrected chi connectivity index (χ0v) is 14.1. The summed E-state index contributed by atoms with van der Waals surface area (Å²) in [6, 6.07) is 14.0. The molecular weight excluding hydrogens is 286 g/mol. The first-order chi connectivity index (χ1) is 11.1. The van der Waals surface area contributed by atoms with E-state index in [1.54, 1.807) is 0 Å². The van der Waals surface area contributed by atoms with Gasteiger partial charge in [0, 0.05) is 17.9 Å². The van der Waals surface area contributed by atoms with Crippen molar-refractivity contribution in [2.75, 3.05) is 23.7 Å². The second kappa shape index (κ2) is 8.34. The SMILES string of the molecule is CCNCc1ccccc1NC(=O)CNc1c(C)cccc1C. The summed E-state index contributed by atoms with van der Waals surface area (Å²) in [7, 11) is 0. The van der Waals surface area contributed by atoms with Crippen LogP contribution in [0, 0.1) is 13.8 Å². The van der Waals surface area contributed by atoms with E-state index in [1.807, 2.05) is 56.3 Å². The van der Waals surface area contributed by atoms with Crippen LogP contribution in [0.25, 0.3) is 0 Å². The van der Waals surface area contributed by atoms with E-state index in [-0.39, 0.29) is 12.5 Å². The number of carbonyl (C=O) groups is 1. The Kier molecular flexibility index (Phi) is 6.18. The van der Waals surface area contributed by atoms with Gasteiger partial charge in [-0.2, -0.15) is 0 Å². The number of rotatable bonds is 7. The molecule has 0 fully saturated rings. The van der Waals surface area contributed by atoms with Crippen LogP contribution in [-0.4, -0.2) is 19.0 Å². The highest BCUT2D eigenvalue weighted by atomic mass is 16.1. The normalized spacial score (nSPS) is 10.4. The van der Waals surface area contributed by atoms with Crippen LogP contribution < -0.4 is 16.0 Å². The molecule has 0 aliphatic carbocycles. The lowest BCUT2D eigenvalue weighted by Gasteiger charge is -2.14. The van der Waals surface area contributed by atoms with Crippen LogP contribution in [0.5, 0.6) is 0 Å². The Morgan fingerprint density at radius 3 is 2.39 bits per heavy atom. The molecule has 2 aromatic rings. The molecule has 0 unspecified atom stereocenters. The Balaban J connectivity index is 1.98. The maximum absolute atomic E-state index is 12.2. The Bertz CT molecular complexity index is 647. The Labute approximate surface area is 138 Å². The maximum Gasteiger partial charge on any atom is 0.243 e. The number of nitrogens with one attached hydrogen (secondary N) is 3. The first-order valence-electron chi connectivity index (χ1n) is 8.00. The van der Waals surface area contributed by atoms with Gasteiger partial charge in [-0.05, 0) is 43.1 Å². The lowest BCUT2D eigenvalue weighted by molar-refractivity contribution is -0.114. The second-order valence-corrected chi connectivity index (χ2v) is 5.61. The van der Waals surface area contributed by atoms with Gasteiger partial charge in [0.05, 0.1) is 6.54 Å². The van der Waals surface area contributed by atoms with Gasteiger partial charge in [0.2, 0.25) is 5.91 Å². The molecule has 0 saturated heterocycles. The van der Waals surface area contributed by atoms with E-state index < -0.39 is 0 Å². The van der Waals surface area contributed by atoms with Gasteiger partial charge in [0.1, 0.15) is 0 Å². The molecule has 0 radical (unpaired) electrons. The van der Waals surface area contributed by atoms with Crippen LogP contribution >= 0.6 is 0 Å². The van der Waals surface area contributed by atoms with Crippen molar-refractivity contribution >= 4 is 17.3 Å². The van der Waals surface area contributed by atoms with Crippen molar-refractivity contribution in [3.05, 3.63) is 59.2 Å². The molecule has 0 bridgehead atoms. The number of hydrogen-bond donors (Lipinski definition) is 3. The fourth-order valence-electron chi connectivity index (χ4n) is 2.51. The summed E-state index contributed by atoms with van der Waals surface area (Å²) in [5, 5.41) is 9.51. The van der Waals surface area contributed by atoms with Crippen molar-refractivity contribution in [2.45, 2.75) is 27.3 Å². The third-order valence-electron chi connectivity index (χ3n) is 3.76. The number of carbonyl (C=O) groups excluding carboxylic acids is 1. The number of para-hydroxylation sites is 2. The van der Waals surface area contributed by atoms with Gasteiger partial charge in [-0.15, -0.1) is 0 Å². The summed E-state index contributed by atoms with van der Waals surface area (Å²) in [5.74, 6) is -0.0448. The summed E-state index contributed by atoms with van der Waals surface area (Å²) in [6.07, 6.45) is 0. The average molecular weight is 311 g/mol. The highest BCUT2D eigenvalue weighted by Gasteiger charge is 2.08. The first-order valence-corrected chi connectivity index (χ1v) is 8.00. The van der Waals surface area contributed by atoms with Crippen LogP contribution in [0.4, 0.5) is 11.4 Å². The highest BCUT2D eigenvalue weighted by molar-refractivity contribution is 5.94. The minimum atomic E-state index is -0.0448. The third kappa shape index (κ3) is 4.83. The molecule has 3 N–H and O–H groups in total. The van der Waals surface area contributed by atoms with Crippen LogP contribution in [0.1, 0.15) is 23.6 Å². The number of amides is 1. The molecular formula is C19H25N3O. The van der Waals surface area contributed by atoms with Crippen molar-refractivity contribution < 1.29 is 4.79 Å². The van der Waals surface area contributed by atoms with E-state index in [2.05, 4.69) is 22.9 Å².